The smallest absolute Gasteiger partial charge is 0.262 e. The summed E-state index contributed by atoms with van der Waals surface area (Å²) in [6, 6.07) is 4.48. The number of benzene rings is 1. The molecule has 4 aliphatic rings. The molecule has 182 valence electrons. The molecular formula is C25H33N5O4. The van der Waals surface area contributed by atoms with Crippen LogP contribution in [0.4, 0.5) is 5.69 Å². The number of likely N-dealkylation sites (N-methyl/N-ethyl adjacent to an activating group) is 1. The van der Waals surface area contributed by atoms with Crippen LogP contribution in [0.1, 0.15) is 52.8 Å². The van der Waals surface area contributed by atoms with E-state index >= 15 is 0 Å². The van der Waals surface area contributed by atoms with Gasteiger partial charge in [-0.05, 0) is 69.4 Å². The molecule has 1 N–H and O–H groups in total. The number of carbonyl (C=O) groups excluding carboxylic acids is 4. The van der Waals surface area contributed by atoms with Crippen LogP contribution in [-0.2, 0) is 9.59 Å². The second kappa shape index (κ2) is 9.46. The molecule has 4 heterocycles. The zero-order valence-electron chi connectivity index (χ0n) is 19.8. The maximum Gasteiger partial charge on any atom is 0.262 e. The third kappa shape index (κ3) is 4.22. The number of fused-ring (bicyclic) bond motifs is 1. The van der Waals surface area contributed by atoms with Crippen LogP contribution in [0.3, 0.4) is 0 Å². The third-order valence-electron chi connectivity index (χ3n) is 7.88. The van der Waals surface area contributed by atoms with Gasteiger partial charge in [0.25, 0.3) is 17.7 Å². The van der Waals surface area contributed by atoms with Crippen molar-refractivity contribution in [2.24, 2.45) is 5.92 Å². The Hall–Kier alpha value is -2.78. The van der Waals surface area contributed by atoms with Gasteiger partial charge in [0, 0.05) is 45.3 Å². The first-order chi connectivity index (χ1) is 16.4. The number of nitrogens with zero attached hydrogens (tertiary/aromatic N) is 4. The highest BCUT2D eigenvalue weighted by Gasteiger charge is 2.46. The summed E-state index contributed by atoms with van der Waals surface area (Å²) >= 11 is 0. The fraction of sp³-hybridized carbons (Fsp3) is 0.600. The van der Waals surface area contributed by atoms with Crippen molar-refractivity contribution in [3.63, 3.8) is 0 Å². The Morgan fingerprint density at radius 1 is 0.912 bits per heavy atom. The van der Waals surface area contributed by atoms with Crippen LogP contribution in [0.5, 0.6) is 0 Å². The Labute approximate surface area is 200 Å². The first kappa shape index (κ1) is 23.0. The van der Waals surface area contributed by atoms with E-state index in [0.29, 0.717) is 11.1 Å². The molecule has 1 atom stereocenters. The van der Waals surface area contributed by atoms with E-state index in [1.165, 1.54) is 26.3 Å². The summed E-state index contributed by atoms with van der Waals surface area (Å²) in [6.07, 6.45) is 4.14. The Kier molecular flexibility index (Phi) is 6.40. The maximum atomic E-state index is 13.2. The quantitative estimate of drug-likeness (QED) is 0.645. The average Bonchev–Trinajstić information content (AvgIpc) is 3.12. The highest BCUT2D eigenvalue weighted by atomic mass is 16.2. The molecule has 3 fully saturated rings. The molecule has 5 rings (SSSR count). The zero-order valence-corrected chi connectivity index (χ0v) is 19.8. The van der Waals surface area contributed by atoms with E-state index in [1.54, 1.807) is 12.1 Å². The van der Waals surface area contributed by atoms with Gasteiger partial charge in [-0.3, -0.25) is 33.9 Å². The van der Waals surface area contributed by atoms with Gasteiger partial charge in [-0.2, -0.15) is 0 Å². The van der Waals surface area contributed by atoms with Crippen LogP contribution in [0.25, 0.3) is 0 Å². The van der Waals surface area contributed by atoms with Crippen molar-refractivity contribution in [1.82, 2.24) is 20.0 Å². The molecule has 1 aromatic rings. The van der Waals surface area contributed by atoms with Crippen LogP contribution in [0, 0.1) is 5.92 Å². The average molecular weight is 468 g/mol. The summed E-state index contributed by atoms with van der Waals surface area (Å²) in [5.74, 6) is -0.836. The summed E-state index contributed by atoms with van der Waals surface area (Å²) in [4.78, 5) is 57.5. The number of hydrogen-bond acceptors (Lipinski definition) is 7. The van der Waals surface area contributed by atoms with Crippen molar-refractivity contribution in [2.45, 2.75) is 38.1 Å². The van der Waals surface area contributed by atoms with E-state index in [0.717, 1.165) is 67.2 Å². The number of rotatable bonds is 5. The number of imide groups is 2. The number of amides is 4. The third-order valence-corrected chi connectivity index (χ3v) is 7.88. The van der Waals surface area contributed by atoms with Crippen LogP contribution in [0.2, 0.25) is 0 Å². The predicted molar refractivity (Wildman–Crippen MR) is 127 cm³/mol. The van der Waals surface area contributed by atoms with Gasteiger partial charge >= 0.3 is 0 Å². The van der Waals surface area contributed by atoms with Crippen LogP contribution in [-0.4, -0.2) is 97.2 Å². The van der Waals surface area contributed by atoms with Gasteiger partial charge in [-0.25, -0.2) is 0 Å². The molecular weight excluding hydrogens is 434 g/mol. The minimum absolute atomic E-state index is 0.146. The van der Waals surface area contributed by atoms with Crippen LogP contribution in [0.15, 0.2) is 18.2 Å². The van der Waals surface area contributed by atoms with Gasteiger partial charge < -0.3 is 10.2 Å². The van der Waals surface area contributed by atoms with Gasteiger partial charge in [0.15, 0.2) is 0 Å². The summed E-state index contributed by atoms with van der Waals surface area (Å²) < 4.78 is 0. The lowest BCUT2D eigenvalue weighted by atomic mass is 9.94. The molecule has 1 unspecified atom stereocenters. The summed E-state index contributed by atoms with van der Waals surface area (Å²) in [5.41, 5.74) is 1.62. The Bertz CT molecular complexity index is 997. The maximum absolute atomic E-state index is 13.2. The summed E-state index contributed by atoms with van der Waals surface area (Å²) in [7, 11) is 1.40. The number of nitrogens with one attached hydrogen (secondary N) is 1. The molecule has 9 nitrogen and oxygen atoms in total. The molecule has 0 saturated carbocycles. The first-order valence-electron chi connectivity index (χ1n) is 12.4. The predicted octanol–water partition coefficient (Wildman–Crippen LogP) is 0.942. The van der Waals surface area contributed by atoms with Crippen LogP contribution < -0.4 is 10.2 Å². The van der Waals surface area contributed by atoms with E-state index in [4.69, 9.17) is 0 Å². The van der Waals surface area contributed by atoms with E-state index in [2.05, 4.69) is 15.1 Å². The molecule has 9 heteroatoms. The lowest BCUT2D eigenvalue weighted by Gasteiger charge is -2.37. The molecule has 0 radical (unpaired) electrons. The van der Waals surface area contributed by atoms with Crippen molar-refractivity contribution in [1.29, 1.82) is 0 Å². The number of carbonyl (C=O) groups is 4. The van der Waals surface area contributed by atoms with Crippen molar-refractivity contribution in [2.75, 3.05) is 57.8 Å². The standard InChI is InChI=1S/C25H33N5O4/c1-27-22(31)5-4-21(25(27)34)30-23(32)19-3-2-18(16-20(19)24(30)33)29-14-12-28(13-15-29)11-8-17-6-9-26-10-7-17/h2-3,16-17,21,26H,4-15H2,1H3. The second-order valence-electron chi connectivity index (χ2n) is 9.87. The van der Waals surface area contributed by atoms with Gasteiger partial charge in [-0.1, -0.05) is 0 Å². The van der Waals surface area contributed by atoms with Gasteiger partial charge in [-0.15, -0.1) is 0 Å². The van der Waals surface area contributed by atoms with Crippen molar-refractivity contribution < 1.29 is 19.2 Å². The summed E-state index contributed by atoms with van der Waals surface area (Å²) in [5, 5.41) is 3.43. The van der Waals surface area contributed by atoms with Crippen molar-refractivity contribution in [3.05, 3.63) is 29.3 Å². The number of piperazine rings is 1. The highest BCUT2D eigenvalue weighted by molar-refractivity contribution is 6.23. The SMILES string of the molecule is CN1C(=O)CCC(N2C(=O)c3ccc(N4CCN(CCC5CCNCC5)CC4)cc3C2=O)C1=O. The fourth-order valence-electron chi connectivity index (χ4n) is 5.63. The van der Waals surface area contributed by atoms with Gasteiger partial charge in [0.1, 0.15) is 6.04 Å². The molecule has 1 aromatic carbocycles. The molecule has 0 aromatic heterocycles. The van der Waals surface area contributed by atoms with Crippen molar-refractivity contribution >= 4 is 29.3 Å². The Morgan fingerprint density at radius 2 is 1.62 bits per heavy atom. The topological polar surface area (TPSA) is 93.3 Å². The minimum atomic E-state index is -0.915. The lowest BCUT2D eigenvalue weighted by Crippen LogP contribution is -2.54. The lowest BCUT2D eigenvalue weighted by molar-refractivity contribution is -0.149. The number of hydrogen-bond donors (Lipinski definition) is 1. The first-order valence-corrected chi connectivity index (χ1v) is 12.4. The molecule has 34 heavy (non-hydrogen) atoms. The van der Waals surface area contributed by atoms with Gasteiger partial charge in [0.2, 0.25) is 5.91 Å². The normalized spacial score (nSPS) is 24.9. The number of anilines is 1. The minimum Gasteiger partial charge on any atom is -0.369 e. The van der Waals surface area contributed by atoms with Crippen LogP contribution >= 0.6 is 0 Å². The molecule has 4 amide bonds. The van der Waals surface area contributed by atoms with Gasteiger partial charge in [0.05, 0.1) is 11.1 Å². The number of likely N-dealkylation sites (tertiary alicyclic amines) is 1. The largest absolute Gasteiger partial charge is 0.369 e. The molecule has 0 spiro atoms. The van der Waals surface area contributed by atoms with E-state index < -0.39 is 23.8 Å². The molecule has 0 bridgehead atoms. The van der Waals surface area contributed by atoms with E-state index in [-0.39, 0.29) is 18.7 Å². The molecule has 4 aliphatic heterocycles. The summed E-state index contributed by atoms with van der Waals surface area (Å²) in [6.45, 7) is 7.14. The van der Waals surface area contributed by atoms with Crippen molar-refractivity contribution in [3.8, 4) is 0 Å². The number of piperidine rings is 2. The zero-order chi connectivity index (χ0) is 23.8. The van der Waals surface area contributed by atoms with E-state index in [9.17, 15) is 19.2 Å². The Morgan fingerprint density at radius 3 is 2.35 bits per heavy atom. The highest BCUT2D eigenvalue weighted by Crippen LogP contribution is 2.32. The molecule has 0 aliphatic carbocycles. The van der Waals surface area contributed by atoms with E-state index in [1.807, 2.05) is 6.07 Å². The monoisotopic (exact) mass is 467 g/mol. The molecule has 3 saturated heterocycles. The Balaban J connectivity index is 1.22. The fourth-order valence-corrected chi connectivity index (χ4v) is 5.63. The second-order valence-corrected chi connectivity index (χ2v) is 9.87.